The molecule has 5 nitrogen and oxygen atoms in total. The molecule has 26 heavy (non-hydrogen) atoms. The van der Waals surface area contributed by atoms with Gasteiger partial charge in [0.05, 0.1) is 18.3 Å². The Morgan fingerprint density at radius 3 is 2.54 bits per heavy atom. The maximum absolute atomic E-state index is 12.4. The number of halogens is 3. The fourth-order valence-corrected chi connectivity index (χ4v) is 3.10. The van der Waals surface area contributed by atoms with Gasteiger partial charge in [0.1, 0.15) is 5.75 Å². The number of fused-ring (bicyclic) bond motifs is 1. The first-order valence-electron chi connectivity index (χ1n) is 8.16. The summed E-state index contributed by atoms with van der Waals surface area (Å²) in [6.07, 6.45) is 2.10. The average Bonchev–Trinajstić information content (AvgIpc) is 2.60. The number of nitrogens with zero attached hydrogens (tertiary/aromatic N) is 2. The van der Waals surface area contributed by atoms with Crippen LogP contribution in [-0.2, 0) is 4.79 Å². The van der Waals surface area contributed by atoms with Gasteiger partial charge in [0.15, 0.2) is 0 Å². The number of methoxy groups -OCH3 is 1. The van der Waals surface area contributed by atoms with Crippen molar-refractivity contribution in [3.8, 4) is 5.75 Å². The van der Waals surface area contributed by atoms with E-state index in [2.05, 4.69) is 15.2 Å². The third-order valence-electron chi connectivity index (χ3n) is 4.00. The number of hydrogen-bond acceptors (Lipinski definition) is 4. The summed E-state index contributed by atoms with van der Waals surface area (Å²) in [6.45, 7) is 4.04. The molecule has 2 aromatic rings. The Labute approximate surface area is 170 Å². The maximum atomic E-state index is 12.4. The number of ether oxygens (including phenoxy) is 1. The van der Waals surface area contributed by atoms with Crippen LogP contribution in [0.4, 0.5) is 5.69 Å². The molecule has 0 saturated carbocycles. The number of carbonyl (C=O) groups excluding carboxylic acids is 1. The number of amides is 1. The number of alkyl halides is 2. The normalized spacial score (nSPS) is 10.7. The molecule has 2 rings (SSSR count). The first-order valence-corrected chi connectivity index (χ1v) is 9.23. The van der Waals surface area contributed by atoms with Crippen LogP contribution in [0, 0.1) is 6.92 Å². The maximum Gasteiger partial charge on any atom is 0.225 e. The highest BCUT2D eigenvalue weighted by Gasteiger charge is 2.12. The molecule has 0 atom stereocenters. The van der Waals surface area contributed by atoms with Crippen molar-refractivity contribution >= 4 is 58.1 Å². The molecule has 1 amide bonds. The van der Waals surface area contributed by atoms with Crippen LogP contribution in [-0.4, -0.2) is 54.3 Å². The highest BCUT2D eigenvalue weighted by molar-refractivity contribution is 6.18. The lowest BCUT2D eigenvalue weighted by Gasteiger charge is -2.19. The zero-order valence-electron chi connectivity index (χ0n) is 14.9. The van der Waals surface area contributed by atoms with Gasteiger partial charge in [-0.3, -0.25) is 9.78 Å². The molecule has 0 saturated heterocycles. The summed E-state index contributed by atoms with van der Waals surface area (Å²) < 4.78 is 5.34. The van der Waals surface area contributed by atoms with Crippen LogP contribution in [0.25, 0.3) is 10.9 Å². The molecule has 0 fully saturated rings. The zero-order chi connectivity index (χ0) is 18.2. The Morgan fingerprint density at radius 2 is 1.92 bits per heavy atom. The van der Waals surface area contributed by atoms with Crippen LogP contribution in [0.5, 0.6) is 5.75 Å². The third-order valence-corrected chi connectivity index (χ3v) is 4.34. The first kappa shape index (κ1) is 22.8. The highest BCUT2D eigenvalue weighted by atomic mass is 35.5. The van der Waals surface area contributed by atoms with Gasteiger partial charge in [-0.2, -0.15) is 0 Å². The zero-order valence-corrected chi connectivity index (χ0v) is 17.3. The van der Waals surface area contributed by atoms with Gasteiger partial charge in [0.25, 0.3) is 0 Å². The van der Waals surface area contributed by atoms with Crippen molar-refractivity contribution in [3.05, 3.63) is 30.0 Å². The molecule has 1 aromatic heterocycles. The second-order valence-corrected chi connectivity index (χ2v) is 6.47. The minimum Gasteiger partial charge on any atom is -0.497 e. The van der Waals surface area contributed by atoms with E-state index in [1.54, 1.807) is 19.4 Å². The van der Waals surface area contributed by atoms with Crippen LogP contribution in [0.15, 0.2) is 24.4 Å². The SMILES string of the molecule is COc1cc(NC(=O)CCN(CCCl)CCCl)c2nccc(C)c2c1.Cl. The van der Waals surface area contributed by atoms with Crippen molar-refractivity contribution in [3.63, 3.8) is 0 Å². The van der Waals surface area contributed by atoms with Crippen molar-refractivity contribution in [1.82, 2.24) is 9.88 Å². The van der Waals surface area contributed by atoms with Crippen LogP contribution in [0.2, 0.25) is 0 Å². The predicted molar refractivity (Wildman–Crippen MR) is 111 cm³/mol. The van der Waals surface area contributed by atoms with E-state index < -0.39 is 0 Å². The second kappa shape index (κ2) is 11.4. The smallest absolute Gasteiger partial charge is 0.225 e. The van der Waals surface area contributed by atoms with Crippen molar-refractivity contribution in [2.75, 3.05) is 43.8 Å². The van der Waals surface area contributed by atoms with Gasteiger partial charge < -0.3 is 15.0 Å². The highest BCUT2D eigenvalue weighted by Crippen LogP contribution is 2.29. The average molecular weight is 421 g/mol. The Kier molecular flexibility index (Phi) is 10.0. The molecule has 1 N–H and O–H groups in total. The van der Waals surface area contributed by atoms with Crippen molar-refractivity contribution in [2.45, 2.75) is 13.3 Å². The minimum absolute atomic E-state index is 0. The van der Waals surface area contributed by atoms with E-state index in [-0.39, 0.29) is 18.3 Å². The van der Waals surface area contributed by atoms with E-state index in [4.69, 9.17) is 27.9 Å². The van der Waals surface area contributed by atoms with Gasteiger partial charge in [-0.15, -0.1) is 35.6 Å². The number of rotatable bonds is 9. The van der Waals surface area contributed by atoms with E-state index in [1.807, 2.05) is 19.1 Å². The summed E-state index contributed by atoms with van der Waals surface area (Å²) in [5, 5.41) is 3.91. The summed E-state index contributed by atoms with van der Waals surface area (Å²) in [5.74, 6) is 1.64. The summed E-state index contributed by atoms with van der Waals surface area (Å²) in [6, 6.07) is 5.65. The molecule has 144 valence electrons. The summed E-state index contributed by atoms with van der Waals surface area (Å²) in [5.41, 5.74) is 2.49. The fraction of sp³-hybridized carbons (Fsp3) is 0.444. The number of pyridine rings is 1. The standard InChI is InChI=1S/C18H23Cl2N3O2.ClH/c1-13-3-7-21-18-15(13)11-14(25-2)12-16(18)22-17(24)4-8-23(9-5-19)10-6-20;/h3,7,11-12H,4-6,8-10H2,1-2H3,(H,22,24);1H. The van der Waals surface area contributed by atoms with Crippen molar-refractivity contribution in [1.29, 1.82) is 0 Å². The van der Waals surface area contributed by atoms with Gasteiger partial charge in [-0.1, -0.05) is 0 Å². The van der Waals surface area contributed by atoms with Crippen LogP contribution >= 0.6 is 35.6 Å². The van der Waals surface area contributed by atoms with Gasteiger partial charge >= 0.3 is 0 Å². The number of aryl methyl sites for hydroxylation is 1. The lowest BCUT2D eigenvalue weighted by molar-refractivity contribution is -0.116. The summed E-state index contributed by atoms with van der Waals surface area (Å²) >= 11 is 11.6. The van der Waals surface area contributed by atoms with E-state index in [0.717, 1.165) is 16.5 Å². The number of hydrogen-bond donors (Lipinski definition) is 1. The summed E-state index contributed by atoms with van der Waals surface area (Å²) in [7, 11) is 1.61. The topological polar surface area (TPSA) is 54.5 Å². The molecule has 0 unspecified atom stereocenters. The van der Waals surface area contributed by atoms with Gasteiger partial charge in [-0.25, -0.2) is 0 Å². The lowest BCUT2D eigenvalue weighted by Crippen LogP contribution is -2.31. The number of carbonyl (C=O) groups is 1. The van der Waals surface area contributed by atoms with Crippen LogP contribution in [0.1, 0.15) is 12.0 Å². The number of benzene rings is 1. The van der Waals surface area contributed by atoms with E-state index in [9.17, 15) is 4.79 Å². The van der Waals surface area contributed by atoms with Gasteiger partial charge in [0.2, 0.25) is 5.91 Å². The van der Waals surface area contributed by atoms with Gasteiger partial charge in [0, 0.05) is 55.5 Å². The lowest BCUT2D eigenvalue weighted by atomic mass is 10.1. The Hall–Kier alpha value is -1.27. The molecule has 0 bridgehead atoms. The molecule has 0 aliphatic heterocycles. The fourth-order valence-electron chi connectivity index (χ4n) is 2.62. The largest absolute Gasteiger partial charge is 0.497 e. The quantitative estimate of drug-likeness (QED) is 0.621. The third kappa shape index (κ3) is 6.16. The molecule has 0 aliphatic rings. The van der Waals surface area contributed by atoms with Crippen LogP contribution < -0.4 is 10.1 Å². The molecule has 1 aromatic carbocycles. The number of anilines is 1. The predicted octanol–water partition coefficient (Wildman–Crippen LogP) is 4.08. The van der Waals surface area contributed by atoms with Gasteiger partial charge in [-0.05, 0) is 24.6 Å². The molecule has 0 spiro atoms. The monoisotopic (exact) mass is 419 g/mol. The first-order chi connectivity index (χ1) is 12.1. The van der Waals surface area contributed by atoms with E-state index in [0.29, 0.717) is 49.3 Å². The second-order valence-electron chi connectivity index (χ2n) is 5.72. The Bertz CT molecular complexity index is 722. The molecule has 0 aliphatic carbocycles. The molecule has 0 radical (unpaired) electrons. The van der Waals surface area contributed by atoms with Crippen molar-refractivity contribution < 1.29 is 9.53 Å². The number of aromatic nitrogens is 1. The molecular formula is C18H24Cl3N3O2. The molecular weight excluding hydrogens is 397 g/mol. The Balaban J connectivity index is 0.00000338. The van der Waals surface area contributed by atoms with Crippen LogP contribution in [0.3, 0.4) is 0 Å². The molecule has 8 heteroatoms. The van der Waals surface area contributed by atoms with E-state index in [1.165, 1.54) is 0 Å². The minimum atomic E-state index is -0.0768. The van der Waals surface area contributed by atoms with Crippen molar-refractivity contribution in [2.24, 2.45) is 0 Å². The Morgan fingerprint density at radius 1 is 1.23 bits per heavy atom. The summed E-state index contributed by atoms with van der Waals surface area (Å²) in [4.78, 5) is 18.9. The van der Waals surface area contributed by atoms with E-state index >= 15 is 0 Å². The molecule has 1 heterocycles. The number of nitrogens with one attached hydrogen (secondary N) is 1.